The molecular formula is C19H25N3O5. The second-order valence-corrected chi connectivity index (χ2v) is 6.50. The van der Waals surface area contributed by atoms with Crippen molar-refractivity contribution in [1.82, 2.24) is 10.2 Å². The Kier molecular flexibility index (Phi) is 6.57. The Bertz CT molecular complexity index is 755. The van der Waals surface area contributed by atoms with Gasteiger partial charge in [-0.25, -0.2) is 9.59 Å². The quantitative estimate of drug-likeness (QED) is 0.743. The van der Waals surface area contributed by atoms with Gasteiger partial charge in [0, 0.05) is 25.5 Å². The number of urea groups is 1. The van der Waals surface area contributed by atoms with Crippen LogP contribution in [0.15, 0.2) is 35.5 Å². The zero-order valence-corrected chi connectivity index (χ0v) is 16.2. The number of methoxy groups -OCH3 is 1. The van der Waals surface area contributed by atoms with Crippen LogP contribution in [0.3, 0.4) is 0 Å². The Balaban J connectivity index is 2.32. The van der Waals surface area contributed by atoms with Crippen LogP contribution >= 0.6 is 0 Å². The maximum absolute atomic E-state index is 12.6. The molecule has 8 nitrogen and oxygen atoms in total. The van der Waals surface area contributed by atoms with E-state index in [1.54, 1.807) is 52.1 Å². The number of amides is 3. The van der Waals surface area contributed by atoms with Crippen LogP contribution in [0.4, 0.5) is 10.5 Å². The molecule has 0 saturated carbocycles. The van der Waals surface area contributed by atoms with Crippen molar-refractivity contribution in [3.05, 3.63) is 41.1 Å². The minimum absolute atomic E-state index is 0.0418. The molecule has 0 radical (unpaired) electrons. The lowest BCUT2D eigenvalue weighted by Gasteiger charge is -2.33. The monoisotopic (exact) mass is 375 g/mol. The maximum Gasteiger partial charge on any atom is 0.338 e. The molecule has 0 unspecified atom stereocenters. The predicted octanol–water partition coefficient (Wildman–Crippen LogP) is 2.19. The van der Waals surface area contributed by atoms with Gasteiger partial charge in [0.2, 0.25) is 5.91 Å². The van der Waals surface area contributed by atoms with E-state index in [0.717, 1.165) is 0 Å². The number of anilines is 1. The molecule has 1 aromatic carbocycles. The summed E-state index contributed by atoms with van der Waals surface area (Å²) in [6.07, 6.45) is -0.278. The minimum Gasteiger partial charge on any atom is -0.459 e. The first-order valence-corrected chi connectivity index (χ1v) is 8.59. The van der Waals surface area contributed by atoms with Crippen LogP contribution < -0.4 is 10.6 Å². The number of hydrogen-bond donors (Lipinski definition) is 2. The number of carbonyl (C=O) groups is 3. The van der Waals surface area contributed by atoms with E-state index in [-0.39, 0.29) is 24.6 Å². The molecule has 0 aromatic heterocycles. The molecule has 0 aliphatic carbocycles. The molecule has 2 N–H and O–H groups in total. The fraction of sp³-hybridized carbons (Fsp3) is 0.421. The van der Waals surface area contributed by atoms with Crippen molar-refractivity contribution in [1.29, 1.82) is 0 Å². The molecule has 0 spiro atoms. The summed E-state index contributed by atoms with van der Waals surface area (Å²) in [5.74, 6) is -0.744. The summed E-state index contributed by atoms with van der Waals surface area (Å²) >= 11 is 0. The van der Waals surface area contributed by atoms with E-state index in [9.17, 15) is 14.4 Å². The standard InChI is InChI=1S/C19H25N3O5/c1-11(2)27-18(24)16-12(3)22(4)19(25)21-17(16)13-6-8-14(9-7-13)20-15(23)10-26-5/h6-9,11,17H,10H2,1-5H3,(H,20,23)(H,21,25)/t17-/m0/s1. The lowest BCUT2D eigenvalue weighted by Crippen LogP contribution is -2.46. The lowest BCUT2D eigenvalue weighted by atomic mass is 9.95. The topological polar surface area (TPSA) is 97.0 Å². The fourth-order valence-electron chi connectivity index (χ4n) is 2.71. The number of nitrogens with zero attached hydrogens (tertiary/aromatic N) is 1. The van der Waals surface area contributed by atoms with Gasteiger partial charge in [-0.1, -0.05) is 12.1 Å². The van der Waals surface area contributed by atoms with Crippen LogP contribution in [0, 0.1) is 0 Å². The van der Waals surface area contributed by atoms with Gasteiger partial charge in [0.05, 0.1) is 17.7 Å². The highest BCUT2D eigenvalue weighted by Gasteiger charge is 2.35. The third-order valence-electron chi connectivity index (χ3n) is 4.12. The summed E-state index contributed by atoms with van der Waals surface area (Å²) in [6.45, 7) is 5.21. The average molecular weight is 375 g/mol. The Morgan fingerprint density at radius 1 is 1.26 bits per heavy atom. The SMILES string of the molecule is COCC(=O)Nc1ccc([C@@H]2NC(=O)N(C)C(C)=C2C(=O)OC(C)C)cc1. The van der Waals surface area contributed by atoms with Crippen LogP contribution in [0.5, 0.6) is 0 Å². The highest BCUT2D eigenvalue weighted by molar-refractivity contribution is 5.95. The maximum atomic E-state index is 12.6. The highest BCUT2D eigenvalue weighted by Crippen LogP contribution is 2.31. The van der Waals surface area contributed by atoms with E-state index in [1.165, 1.54) is 12.0 Å². The summed E-state index contributed by atoms with van der Waals surface area (Å²) < 4.78 is 10.1. The Morgan fingerprint density at radius 3 is 2.44 bits per heavy atom. The summed E-state index contributed by atoms with van der Waals surface area (Å²) in [5.41, 5.74) is 2.21. The smallest absolute Gasteiger partial charge is 0.338 e. The molecule has 0 bridgehead atoms. The summed E-state index contributed by atoms with van der Waals surface area (Å²) in [4.78, 5) is 37.8. The second kappa shape index (κ2) is 8.68. The molecule has 8 heteroatoms. The van der Waals surface area contributed by atoms with Gasteiger partial charge < -0.3 is 25.0 Å². The van der Waals surface area contributed by atoms with E-state index >= 15 is 0 Å². The molecule has 27 heavy (non-hydrogen) atoms. The normalized spacial score (nSPS) is 17.0. The Labute approximate surface area is 158 Å². The van der Waals surface area contributed by atoms with Gasteiger partial charge in [-0.3, -0.25) is 4.79 Å². The molecule has 0 saturated heterocycles. The first-order chi connectivity index (χ1) is 12.7. The number of benzene rings is 1. The van der Waals surface area contributed by atoms with Crippen LogP contribution in [0.2, 0.25) is 0 Å². The number of ether oxygens (including phenoxy) is 2. The third kappa shape index (κ3) is 4.85. The van der Waals surface area contributed by atoms with Crippen molar-refractivity contribution in [2.75, 3.05) is 26.1 Å². The predicted molar refractivity (Wildman–Crippen MR) is 99.9 cm³/mol. The van der Waals surface area contributed by atoms with Crippen LogP contribution in [-0.2, 0) is 19.1 Å². The van der Waals surface area contributed by atoms with Gasteiger partial charge in [-0.15, -0.1) is 0 Å². The van der Waals surface area contributed by atoms with Crippen LogP contribution in [0.1, 0.15) is 32.4 Å². The van der Waals surface area contributed by atoms with Gasteiger partial charge in [0.1, 0.15) is 6.61 Å². The summed E-state index contributed by atoms with van der Waals surface area (Å²) in [7, 11) is 3.04. The number of hydrogen-bond acceptors (Lipinski definition) is 5. The average Bonchev–Trinajstić information content (AvgIpc) is 2.59. The highest BCUT2D eigenvalue weighted by atomic mass is 16.5. The molecule has 1 heterocycles. The molecule has 2 rings (SSSR count). The summed E-state index contributed by atoms with van der Waals surface area (Å²) in [6, 6.07) is 5.95. The fourth-order valence-corrected chi connectivity index (χ4v) is 2.71. The lowest BCUT2D eigenvalue weighted by molar-refractivity contribution is -0.143. The molecule has 1 atom stereocenters. The first-order valence-electron chi connectivity index (χ1n) is 8.59. The van der Waals surface area contributed by atoms with Crippen molar-refractivity contribution < 1.29 is 23.9 Å². The first kappa shape index (κ1) is 20.4. The Morgan fingerprint density at radius 2 is 1.89 bits per heavy atom. The number of nitrogens with one attached hydrogen (secondary N) is 2. The van der Waals surface area contributed by atoms with Gasteiger partial charge in [-0.2, -0.15) is 0 Å². The van der Waals surface area contributed by atoms with E-state index in [2.05, 4.69) is 10.6 Å². The molecule has 1 aliphatic heterocycles. The largest absolute Gasteiger partial charge is 0.459 e. The molecule has 1 aliphatic rings. The van der Waals surface area contributed by atoms with Crippen LogP contribution in [0.25, 0.3) is 0 Å². The van der Waals surface area contributed by atoms with Crippen molar-refractivity contribution in [3.8, 4) is 0 Å². The van der Waals surface area contributed by atoms with E-state index in [4.69, 9.17) is 9.47 Å². The van der Waals surface area contributed by atoms with Crippen molar-refractivity contribution in [3.63, 3.8) is 0 Å². The molecule has 0 fully saturated rings. The van der Waals surface area contributed by atoms with Crippen molar-refractivity contribution in [2.24, 2.45) is 0 Å². The Hall–Kier alpha value is -2.87. The minimum atomic E-state index is -0.635. The number of allylic oxidation sites excluding steroid dienone is 1. The van der Waals surface area contributed by atoms with Gasteiger partial charge in [-0.05, 0) is 38.5 Å². The van der Waals surface area contributed by atoms with Gasteiger partial charge in [0.25, 0.3) is 0 Å². The molecule has 146 valence electrons. The van der Waals surface area contributed by atoms with Gasteiger partial charge >= 0.3 is 12.0 Å². The second-order valence-electron chi connectivity index (χ2n) is 6.50. The van der Waals surface area contributed by atoms with E-state index < -0.39 is 12.0 Å². The number of carbonyl (C=O) groups excluding carboxylic acids is 3. The molecule has 1 aromatic rings. The molecular weight excluding hydrogens is 350 g/mol. The zero-order chi connectivity index (χ0) is 20.1. The van der Waals surface area contributed by atoms with Crippen molar-refractivity contribution in [2.45, 2.75) is 32.9 Å². The number of esters is 1. The summed E-state index contributed by atoms with van der Waals surface area (Å²) in [5, 5.41) is 5.51. The van der Waals surface area contributed by atoms with Gasteiger partial charge in [0.15, 0.2) is 0 Å². The number of rotatable bonds is 6. The zero-order valence-electron chi connectivity index (χ0n) is 16.2. The van der Waals surface area contributed by atoms with Crippen LogP contribution in [-0.4, -0.2) is 49.7 Å². The molecule has 3 amide bonds. The van der Waals surface area contributed by atoms with Crippen molar-refractivity contribution >= 4 is 23.6 Å². The third-order valence-corrected chi connectivity index (χ3v) is 4.12. The van der Waals surface area contributed by atoms with E-state index in [1.807, 2.05) is 0 Å². The van der Waals surface area contributed by atoms with E-state index in [0.29, 0.717) is 22.5 Å².